The van der Waals surface area contributed by atoms with Crippen LogP contribution in [0.3, 0.4) is 0 Å². The van der Waals surface area contributed by atoms with Crippen LogP contribution < -0.4 is 4.74 Å². The zero-order chi connectivity index (χ0) is 14.4. The van der Waals surface area contributed by atoms with Gasteiger partial charge in [-0.2, -0.15) is 0 Å². The summed E-state index contributed by atoms with van der Waals surface area (Å²) in [4.78, 5) is 4.16. The Morgan fingerprint density at radius 3 is 2.70 bits per heavy atom. The van der Waals surface area contributed by atoms with Crippen LogP contribution in [-0.2, 0) is 12.8 Å². The SMILES string of the molecule is COc1cccc(CC(CO)Cc2cncc(Br)c2)c1. The van der Waals surface area contributed by atoms with Gasteiger partial charge in [-0.15, -0.1) is 0 Å². The molecule has 1 aromatic heterocycles. The average Bonchev–Trinajstić information content (AvgIpc) is 2.47. The third kappa shape index (κ3) is 4.32. The molecule has 2 rings (SSSR count). The summed E-state index contributed by atoms with van der Waals surface area (Å²) >= 11 is 3.42. The standard InChI is InChI=1S/C16H18BrNO2/c1-20-16-4-2-3-12(8-16)5-14(11-19)6-13-7-15(17)10-18-9-13/h2-4,7-10,14,19H,5-6,11H2,1H3. The second-order valence-corrected chi connectivity index (χ2v) is 5.74. The Balaban J connectivity index is 2.05. The number of nitrogens with zero attached hydrogens (tertiary/aromatic N) is 1. The number of aliphatic hydroxyl groups excluding tert-OH is 1. The van der Waals surface area contributed by atoms with Crippen molar-refractivity contribution in [1.82, 2.24) is 4.98 Å². The van der Waals surface area contributed by atoms with Gasteiger partial charge in [-0.1, -0.05) is 12.1 Å². The molecule has 2 aromatic rings. The minimum Gasteiger partial charge on any atom is -0.497 e. The van der Waals surface area contributed by atoms with Crippen LogP contribution in [0.5, 0.6) is 5.75 Å². The van der Waals surface area contributed by atoms with Crippen LogP contribution in [0.1, 0.15) is 11.1 Å². The molecule has 1 unspecified atom stereocenters. The number of ether oxygens (including phenoxy) is 1. The van der Waals surface area contributed by atoms with E-state index in [4.69, 9.17) is 4.74 Å². The second-order valence-electron chi connectivity index (χ2n) is 4.82. The molecule has 1 atom stereocenters. The van der Waals surface area contributed by atoms with Crippen LogP contribution in [0.4, 0.5) is 0 Å². The van der Waals surface area contributed by atoms with Gasteiger partial charge in [-0.3, -0.25) is 4.98 Å². The van der Waals surface area contributed by atoms with Crippen molar-refractivity contribution in [2.24, 2.45) is 5.92 Å². The number of hydrogen-bond donors (Lipinski definition) is 1. The summed E-state index contributed by atoms with van der Waals surface area (Å²) in [5.74, 6) is 1.03. The third-order valence-corrected chi connectivity index (χ3v) is 3.64. The number of aliphatic hydroxyl groups is 1. The van der Waals surface area contributed by atoms with Gasteiger partial charge in [0, 0.05) is 23.5 Å². The molecule has 0 aliphatic heterocycles. The molecule has 1 N–H and O–H groups in total. The molecule has 0 saturated carbocycles. The van der Waals surface area contributed by atoms with E-state index in [-0.39, 0.29) is 12.5 Å². The Morgan fingerprint density at radius 2 is 2.00 bits per heavy atom. The Labute approximate surface area is 127 Å². The lowest BCUT2D eigenvalue weighted by atomic mass is 9.94. The van der Waals surface area contributed by atoms with Gasteiger partial charge in [0.2, 0.25) is 0 Å². The highest BCUT2D eigenvalue weighted by Crippen LogP contribution is 2.19. The maximum Gasteiger partial charge on any atom is 0.119 e. The van der Waals surface area contributed by atoms with Crippen LogP contribution in [0.2, 0.25) is 0 Å². The molecule has 106 valence electrons. The van der Waals surface area contributed by atoms with E-state index in [9.17, 15) is 5.11 Å². The molecule has 0 saturated heterocycles. The van der Waals surface area contributed by atoms with Crippen LogP contribution in [0.15, 0.2) is 47.2 Å². The molecule has 20 heavy (non-hydrogen) atoms. The van der Waals surface area contributed by atoms with Crippen molar-refractivity contribution in [2.75, 3.05) is 13.7 Å². The quantitative estimate of drug-likeness (QED) is 0.881. The number of benzene rings is 1. The fourth-order valence-electron chi connectivity index (χ4n) is 2.23. The summed E-state index contributed by atoms with van der Waals surface area (Å²) < 4.78 is 6.19. The normalized spacial score (nSPS) is 12.2. The molecule has 0 aliphatic rings. The topological polar surface area (TPSA) is 42.4 Å². The van der Waals surface area contributed by atoms with Crippen LogP contribution in [0.25, 0.3) is 0 Å². The molecule has 0 spiro atoms. The Bertz CT molecular complexity index is 560. The fourth-order valence-corrected chi connectivity index (χ4v) is 2.65. The highest BCUT2D eigenvalue weighted by atomic mass is 79.9. The van der Waals surface area contributed by atoms with Gasteiger partial charge in [0.15, 0.2) is 0 Å². The Kier molecular flexibility index (Phi) is 5.56. The van der Waals surface area contributed by atoms with E-state index in [1.54, 1.807) is 13.3 Å². The van der Waals surface area contributed by atoms with Crippen molar-refractivity contribution >= 4 is 15.9 Å². The van der Waals surface area contributed by atoms with Gasteiger partial charge in [-0.25, -0.2) is 0 Å². The molecule has 0 amide bonds. The van der Waals surface area contributed by atoms with Crippen LogP contribution in [0, 0.1) is 5.92 Å². The van der Waals surface area contributed by atoms with Crippen molar-refractivity contribution in [3.63, 3.8) is 0 Å². The molecule has 3 nitrogen and oxygen atoms in total. The van der Waals surface area contributed by atoms with E-state index >= 15 is 0 Å². The van der Waals surface area contributed by atoms with Gasteiger partial charge in [0.05, 0.1) is 7.11 Å². The van der Waals surface area contributed by atoms with Gasteiger partial charge in [-0.05, 0) is 64.0 Å². The van der Waals surface area contributed by atoms with Gasteiger partial charge >= 0.3 is 0 Å². The van der Waals surface area contributed by atoms with E-state index < -0.39 is 0 Å². The summed E-state index contributed by atoms with van der Waals surface area (Å²) in [6.45, 7) is 0.156. The number of hydrogen-bond acceptors (Lipinski definition) is 3. The van der Waals surface area contributed by atoms with E-state index in [0.29, 0.717) is 0 Å². The lowest BCUT2D eigenvalue weighted by molar-refractivity contribution is 0.225. The smallest absolute Gasteiger partial charge is 0.119 e. The molecule has 0 radical (unpaired) electrons. The van der Waals surface area contributed by atoms with Gasteiger partial charge in [0.1, 0.15) is 5.75 Å². The highest BCUT2D eigenvalue weighted by Gasteiger charge is 2.11. The number of methoxy groups -OCH3 is 1. The average molecular weight is 336 g/mol. The number of rotatable bonds is 6. The predicted molar refractivity (Wildman–Crippen MR) is 82.9 cm³/mol. The van der Waals surface area contributed by atoms with E-state index in [0.717, 1.165) is 28.6 Å². The molecule has 1 aromatic carbocycles. The Morgan fingerprint density at radius 1 is 1.20 bits per heavy atom. The first-order valence-electron chi connectivity index (χ1n) is 6.54. The van der Waals surface area contributed by atoms with E-state index in [1.165, 1.54) is 5.56 Å². The number of aromatic nitrogens is 1. The first-order chi connectivity index (χ1) is 9.71. The van der Waals surface area contributed by atoms with Crippen molar-refractivity contribution in [3.05, 3.63) is 58.3 Å². The maximum absolute atomic E-state index is 9.58. The largest absolute Gasteiger partial charge is 0.497 e. The predicted octanol–water partition coefficient (Wildman–Crippen LogP) is 3.25. The van der Waals surface area contributed by atoms with Crippen LogP contribution >= 0.6 is 15.9 Å². The lowest BCUT2D eigenvalue weighted by Gasteiger charge is -2.15. The Hall–Kier alpha value is -1.39. The van der Waals surface area contributed by atoms with Crippen molar-refractivity contribution < 1.29 is 9.84 Å². The number of halogens is 1. The lowest BCUT2D eigenvalue weighted by Crippen LogP contribution is -2.13. The molecule has 4 heteroatoms. The molecule has 0 fully saturated rings. The zero-order valence-electron chi connectivity index (χ0n) is 11.4. The molecule has 0 bridgehead atoms. The third-order valence-electron chi connectivity index (χ3n) is 3.20. The van der Waals surface area contributed by atoms with Gasteiger partial charge in [0.25, 0.3) is 0 Å². The molecular formula is C16H18BrNO2. The van der Waals surface area contributed by atoms with Crippen molar-refractivity contribution in [3.8, 4) is 5.75 Å². The maximum atomic E-state index is 9.58. The second kappa shape index (κ2) is 7.41. The monoisotopic (exact) mass is 335 g/mol. The summed E-state index contributed by atoms with van der Waals surface area (Å²) in [5, 5.41) is 9.58. The summed E-state index contributed by atoms with van der Waals surface area (Å²) in [6.07, 6.45) is 5.23. The molecule has 1 heterocycles. The van der Waals surface area contributed by atoms with Crippen molar-refractivity contribution in [1.29, 1.82) is 0 Å². The molecule has 0 aliphatic carbocycles. The summed E-state index contributed by atoms with van der Waals surface area (Å²) in [5.41, 5.74) is 2.30. The minimum absolute atomic E-state index is 0.156. The molecular weight excluding hydrogens is 318 g/mol. The first kappa shape index (κ1) is 15.0. The number of pyridine rings is 1. The van der Waals surface area contributed by atoms with Crippen molar-refractivity contribution in [2.45, 2.75) is 12.8 Å². The fraction of sp³-hybridized carbons (Fsp3) is 0.312. The zero-order valence-corrected chi connectivity index (χ0v) is 13.0. The van der Waals surface area contributed by atoms with E-state index in [1.807, 2.05) is 30.5 Å². The summed E-state index contributed by atoms with van der Waals surface area (Å²) in [7, 11) is 1.66. The first-order valence-corrected chi connectivity index (χ1v) is 7.33. The summed E-state index contributed by atoms with van der Waals surface area (Å²) in [6, 6.07) is 10.0. The van der Waals surface area contributed by atoms with Gasteiger partial charge < -0.3 is 9.84 Å². The van der Waals surface area contributed by atoms with E-state index in [2.05, 4.69) is 27.0 Å². The minimum atomic E-state index is 0.156. The highest BCUT2D eigenvalue weighted by molar-refractivity contribution is 9.10. The van der Waals surface area contributed by atoms with Crippen LogP contribution in [-0.4, -0.2) is 23.8 Å².